The molecule has 1 aliphatic heterocycles. The van der Waals surface area contributed by atoms with E-state index in [0.29, 0.717) is 24.3 Å². The Hall–Kier alpha value is -3.23. The summed E-state index contributed by atoms with van der Waals surface area (Å²) in [7, 11) is 8.29. The molecular formula is C25H29ClN2O6. The Labute approximate surface area is 204 Å². The number of ether oxygens (including phenoxy) is 3. The Kier molecular flexibility index (Phi) is 8.06. The summed E-state index contributed by atoms with van der Waals surface area (Å²) in [5.41, 5.74) is 1.84. The van der Waals surface area contributed by atoms with Crippen LogP contribution in [0.4, 0.5) is 5.69 Å². The van der Waals surface area contributed by atoms with Gasteiger partial charge < -0.3 is 29.1 Å². The number of rotatable bonds is 9. The third-order valence-corrected chi connectivity index (χ3v) is 6.04. The van der Waals surface area contributed by atoms with Crippen molar-refractivity contribution in [1.82, 2.24) is 4.90 Å². The fourth-order valence-corrected chi connectivity index (χ4v) is 4.21. The number of Topliss-reactive ketones (excluding diaryl/α,β-unsaturated/α-hetero) is 1. The summed E-state index contributed by atoms with van der Waals surface area (Å²) in [6, 6.07) is 9.70. The lowest BCUT2D eigenvalue weighted by Gasteiger charge is -2.26. The molecule has 1 aliphatic rings. The van der Waals surface area contributed by atoms with Crippen LogP contribution in [0.1, 0.15) is 23.6 Å². The van der Waals surface area contributed by atoms with Crippen molar-refractivity contribution >= 4 is 34.7 Å². The molecule has 0 bridgehead atoms. The number of ketones is 1. The van der Waals surface area contributed by atoms with Crippen molar-refractivity contribution in [3.8, 4) is 11.5 Å². The van der Waals surface area contributed by atoms with Crippen LogP contribution in [0.3, 0.4) is 0 Å². The number of hydrogen-bond donors (Lipinski definition) is 1. The van der Waals surface area contributed by atoms with Gasteiger partial charge in [-0.3, -0.25) is 9.59 Å². The minimum Gasteiger partial charge on any atom is -0.507 e. The van der Waals surface area contributed by atoms with Gasteiger partial charge in [0, 0.05) is 46.1 Å². The minimum atomic E-state index is -0.778. The topological polar surface area (TPSA) is 88.5 Å². The van der Waals surface area contributed by atoms with Gasteiger partial charge in [0.25, 0.3) is 11.7 Å². The van der Waals surface area contributed by atoms with E-state index in [-0.39, 0.29) is 34.2 Å². The number of aliphatic hydroxyl groups excluding tert-OH is 1. The average molecular weight is 489 g/mol. The molecule has 0 aliphatic carbocycles. The first-order chi connectivity index (χ1) is 16.2. The number of aliphatic hydroxyl groups is 1. The molecule has 1 heterocycles. The first-order valence-electron chi connectivity index (χ1n) is 10.7. The van der Waals surface area contributed by atoms with Gasteiger partial charge in [0.15, 0.2) is 0 Å². The number of likely N-dealkylation sites (tertiary alicyclic amines) is 1. The SMILES string of the molecule is COCCCN1C(=O)C(=O)/C(=C(/O)c2cc(OC)c(Cl)cc2OC)C1c1ccc(N(C)C)cc1. The summed E-state index contributed by atoms with van der Waals surface area (Å²) in [4.78, 5) is 29.7. The van der Waals surface area contributed by atoms with Crippen molar-refractivity contribution in [2.45, 2.75) is 12.5 Å². The number of amides is 1. The van der Waals surface area contributed by atoms with E-state index < -0.39 is 17.7 Å². The molecule has 34 heavy (non-hydrogen) atoms. The number of methoxy groups -OCH3 is 3. The van der Waals surface area contributed by atoms with Gasteiger partial charge in [-0.25, -0.2) is 0 Å². The summed E-state index contributed by atoms with van der Waals surface area (Å²) in [6.45, 7) is 0.716. The molecule has 2 aromatic rings. The Morgan fingerprint density at radius 3 is 2.26 bits per heavy atom. The van der Waals surface area contributed by atoms with Crippen LogP contribution < -0.4 is 14.4 Å². The zero-order chi connectivity index (χ0) is 25.0. The normalized spacial score (nSPS) is 17.2. The maximum atomic E-state index is 13.2. The van der Waals surface area contributed by atoms with Gasteiger partial charge in [0.05, 0.1) is 36.4 Å². The molecular weight excluding hydrogens is 460 g/mol. The standard InChI is InChI=1S/C25H29ClN2O6/c1-27(2)16-9-7-15(8-10-16)22-21(24(30)25(31)28(22)11-6-12-32-3)23(29)17-13-20(34-5)18(26)14-19(17)33-4/h7-10,13-14,22,29H,6,11-12H2,1-5H3/b23-21+. The van der Waals surface area contributed by atoms with E-state index in [9.17, 15) is 14.7 Å². The molecule has 0 spiro atoms. The van der Waals surface area contributed by atoms with Gasteiger partial charge in [-0.15, -0.1) is 0 Å². The first-order valence-corrected chi connectivity index (χ1v) is 11.1. The molecule has 3 rings (SSSR count). The predicted octanol–water partition coefficient (Wildman–Crippen LogP) is 3.88. The molecule has 9 heteroatoms. The smallest absolute Gasteiger partial charge is 0.295 e. The highest BCUT2D eigenvalue weighted by molar-refractivity contribution is 6.46. The molecule has 1 saturated heterocycles. The lowest BCUT2D eigenvalue weighted by atomic mass is 9.94. The zero-order valence-corrected chi connectivity index (χ0v) is 20.7. The summed E-state index contributed by atoms with van der Waals surface area (Å²) in [5, 5.41) is 11.6. The van der Waals surface area contributed by atoms with Crippen LogP contribution in [0.5, 0.6) is 11.5 Å². The van der Waals surface area contributed by atoms with Gasteiger partial charge in [0.1, 0.15) is 17.3 Å². The molecule has 1 amide bonds. The number of carbonyl (C=O) groups excluding carboxylic acids is 2. The first kappa shape index (κ1) is 25.4. The van der Waals surface area contributed by atoms with Crippen LogP contribution in [0.25, 0.3) is 5.76 Å². The Morgan fingerprint density at radius 2 is 1.71 bits per heavy atom. The molecule has 0 radical (unpaired) electrons. The number of carbonyl (C=O) groups is 2. The highest BCUT2D eigenvalue weighted by atomic mass is 35.5. The van der Waals surface area contributed by atoms with Gasteiger partial charge in [0.2, 0.25) is 0 Å². The van der Waals surface area contributed by atoms with Crippen LogP contribution in [0, 0.1) is 0 Å². The third kappa shape index (κ3) is 4.83. The molecule has 0 aromatic heterocycles. The molecule has 2 aromatic carbocycles. The maximum Gasteiger partial charge on any atom is 0.295 e. The fourth-order valence-electron chi connectivity index (χ4n) is 3.98. The van der Waals surface area contributed by atoms with Crippen LogP contribution in [0.2, 0.25) is 5.02 Å². The van der Waals surface area contributed by atoms with Crippen molar-refractivity contribution < 1.29 is 28.9 Å². The lowest BCUT2D eigenvalue weighted by molar-refractivity contribution is -0.140. The van der Waals surface area contributed by atoms with Crippen LogP contribution >= 0.6 is 11.6 Å². The Balaban J connectivity index is 2.20. The number of halogens is 1. The second kappa shape index (κ2) is 10.8. The maximum absolute atomic E-state index is 13.2. The van der Waals surface area contributed by atoms with Gasteiger partial charge in [-0.2, -0.15) is 0 Å². The van der Waals surface area contributed by atoms with Crippen molar-refractivity contribution in [3.05, 3.63) is 58.1 Å². The van der Waals surface area contributed by atoms with E-state index in [4.69, 9.17) is 25.8 Å². The van der Waals surface area contributed by atoms with Crippen molar-refractivity contribution in [2.75, 3.05) is 53.5 Å². The molecule has 1 N–H and O–H groups in total. The summed E-state index contributed by atoms with van der Waals surface area (Å²) < 4.78 is 15.8. The van der Waals surface area contributed by atoms with Crippen LogP contribution in [-0.2, 0) is 14.3 Å². The summed E-state index contributed by atoms with van der Waals surface area (Å²) in [5.74, 6) is -1.27. The highest BCUT2D eigenvalue weighted by Crippen LogP contribution is 2.43. The zero-order valence-electron chi connectivity index (χ0n) is 19.9. The highest BCUT2D eigenvalue weighted by Gasteiger charge is 2.46. The molecule has 1 atom stereocenters. The number of benzene rings is 2. The van der Waals surface area contributed by atoms with Gasteiger partial charge >= 0.3 is 0 Å². The predicted molar refractivity (Wildman–Crippen MR) is 131 cm³/mol. The van der Waals surface area contributed by atoms with Gasteiger partial charge in [-0.05, 0) is 30.2 Å². The van der Waals surface area contributed by atoms with E-state index in [1.807, 2.05) is 43.3 Å². The van der Waals surface area contributed by atoms with E-state index in [2.05, 4.69) is 0 Å². The Morgan fingerprint density at radius 1 is 1.06 bits per heavy atom. The Bertz CT molecular complexity index is 1100. The molecule has 0 saturated carbocycles. The summed E-state index contributed by atoms with van der Waals surface area (Å²) in [6.07, 6.45) is 0.536. The number of nitrogens with zero attached hydrogens (tertiary/aromatic N) is 2. The summed E-state index contributed by atoms with van der Waals surface area (Å²) >= 11 is 6.21. The fraction of sp³-hybridized carbons (Fsp3) is 0.360. The van der Waals surface area contributed by atoms with Crippen molar-refractivity contribution in [3.63, 3.8) is 0 Å². The second-order valence-corrected chi connectivity index (χ2v) is 8.42. The van der Waals surface area contributed by atoms with Crippen molar-refractivity contribution in [2.24, 2.45) is 0 Å². The van der Waals surface area contributed by atoms with Crippen molar-refractivity contribution in [1.29, 1.82) is 0 Å². The number of anilines is 1. The largest absolute Gasteiger partial charge is 0.507 e. The molecule has 1 unspecified atom stereocenters. The average Bonchev–Trinajstić information content (AvgIpc) is 3.08. The van der Waals surface area contributed by atoms with E-state index in [1.165, 1.54) is 31.3 Å². The molecule has 182 valence electrons. The van der Waals surface area contributed by atoms with E-state index in [0.717, 1.165) is 5.69 Å². The molecule has 1 fully saturated rings. The van der Waals surface area contributed by atoms with Gasteiger partial charge in [-0.1, -0.05) is 23.7 Å². The monoisotopic (exact) mass is 488 g/mol. The van der Waals surface area contributed by atoms with Crippen LogP contribution in [-0.4, -0.2) is 70.3 Å². The molecule has 8 nitrogen and oxygen atoms in total. The second-order valence-electron chi connectivity index (χ2n) is 8.01. The lowest BCUT2D eigenvalue weighted by Crippen LogP contribution is -2.31. The van der Waals surface area contributed by atoms with E-state index >= 15 is 0 Å². The number of hydrogen-bond acceptors (Lipinski definition) is 7. The van der Waals surface area contributed by atoms with E-state index in [1.54, 1.807) is 7.11 Å². The third-order valence-electron chi connectivity index (χ3n) is 5.74. The minimum absolute atomic E-state index is 0.0253. The quantitative estimate of drug-likeness (QED) is 0.248. The van der Waals surface area contributed by atoms with Crippen LogP contribution in [0.15, 0.2) is 42.0 Å².